The molecule has 2 atom stereocenters. The van der Waals surface area contributed by atoms with Crippen LogP contribution >= 0.6 is 11.3 Å². The number of carbonyl (C=O) groups is 1. The summed E-state index contributed by atoms with van der Waals surface area (Å²) >= 11 is 1.31. The van der Waals surface area contributed by atoms with Gasteiger partial charge in [0.1, 0.15) is 5.69 Å². The largest absolute Gasteiger partial charge is 0.378 e. The van der Waals surface area contributed by atoms with Crippen LogP contribution in [0.2, 0.25) is 0 Å². The highest BCUT2D eigenvalue weighted by Crippen LogP contribution is 2.57. The second kappa shape index (κ2) is 6.68. The lowest BCUT2D eigenvalue weighted by atomic mass is 9.51. The quantitative estimate of drug-likeness (QED) is 0.856. The monoisotopic (exact) mass is 359 g/mol. The Bertz CT molecular complexity index is 747. The first-order chi connectivity index (χ1) is 12.2. The molecule has 0 radical (unpaired) electrons. The second-order valence-electron chi connectivity index (χ2n) is 6.54. The summed E-state index contributed by atoms with van der Waals surface area (Å²) in [5.41, 5.74) is 0.897. The average molecular weight is 359 g/mol. The molecule has 0 aromatic carbocycles. The first kappa shape index (κ1) is 16.4. The molecule has 0 aliphatic heterocycles. The van der Waals surface area contributed by atoms with Crippen LogP contribution in [0.4, 0.5) is 9.93 Å². The molecule has 25 heavy (non-hydrogen) atoms. The van der Waals surface area contributed by atoms with Gasteiger partial charge >= 0.3 is 6.03 Å². The van der Waals surface area contributed by atoms with Gasteiger partial charge in [0.25, 0.3) is 0 Å². The van der Waals surface area contributed by atoms with Crippen molar-refractivity contribution in [3.05, 3.63) is 24.4 Å². The minimum Gasteiger partial charge on any atom is -0.378 e. The third-order valence-electron chi connectivity index (χ3n) is 5.27. The average Bonchev–Trinajstić information content (AvgIpc) is 3.01. The molecule has 0 bridgehead atoms. The van der Waals surface area contributed by atoms with Crippen molar-refractivity contribution in [2.24, 2.45) is 5.41 Å². The van der Waals surface area contributed by atoms with Crippen LogP contribution in [-0.2, 0) is 4.74 Å². The summed E-state index contributed by atoms with van der Waals surface area (Å²) < 4.78 is 5.82. The maximum Gasteiger partial charge on any atom is 0.321 e. The molecule has 2 aliphatic rings. The van der Waals surface area contributed by atoms with Crippen LogP contribution in [0, 0.1) is 5.41 Å². The first-order valence-electron chi connectivity index (χ1n) is 8.65. The molecule has 2 saturated carbocycles. The van der Waals surface area contributed by atoms with Gasteiger partial charge in [-0.25, -0.2) is 4.79 Å². The van der Waals surface area contributed by atoms with Crippen LogP contribution in [0.25, 0.3) is 10.7 Å². The SMILES string of the molecule is CCO[C@@H]1C[C@@H](NC(=O)Nc2nnc(-c3ccccn3)s2)C12CCC2. The molecule has 2 aliphatic carbocycles. The van der Waals surface area contributed by atoms with Gasteiger partial charge in [0.2, 0.25) is 5.13 Å². The van der Waals surface area contributed by atoms with E-state index in [4.69, 9.17) is 4.74 Å². The number of anilines is 1. The van der Waals surface area contributed by atoms with Crippen molar-refractivity contribution in [2.75, 3.05) is 11.9 Å². The number of urea groups is 1. The summed E-state index contributed by atoms with van der Waals surface area (Å²) in [5.74, 6) is 0. The third-order valence-corrected chi connectivity index (χ3v) is 6.13. The maximum atomic E-state index is 12.3. The zero-order valence-electron chi connectivity index (χ0n) is 14.1. The van der Waals surface area contributed by atoms with Crippen LogP contribution in [0.1, 0.15) is 32.6 Å². The maximum absolute atomic E-state index is 12.3. The van der Waals surface area contributed by atoms with E-state index in [-0.39, 0.29) is 23.6 Å². The highest BCUT2D eigenvalue weighted by Gasteiger charge is 2.59. The Morgan fingerprint density at radius 1 is 1.40 bits per heavy atom. The Labute approximate surface area is 150 Å². The molecule has 2 aromatic heterocycles. The summed E-state index contributed by atoms with van der Waals surface area (Å²) in [6, 6.07) is 5.57. The van der Waals surface area contributed by atoms with Crippen molar-refractivity contribution < 1.29 is 9.53 Å². The topological polar surface area (TPSA) is 89.0 Å². The molecule has 4 rings (SSSR count). The molecular formula is C17H21N5O2S. The molecule has 7 nitrogen and oxygen atoms in total. The second-order valence-corrected chi connectivity index (χ2v) is 7.52. The van der Waals surface area contributed by atoms with Crippen LogP contribution in [0.3, 0.4) is 0 Å². The molecule has 1 spiro atoms. The zero-order valence-corrected chi connectivity index (χ0v) is 14.9. The number of hydrogen-bond acceptors (Lipinski definition) is 6. The van der Waals surface area contributed by atoms with E-state index in [1.54, 1.807) is 6.20 Å². The Balaban J connectivity index is 1.35. The lowest BCUT2D eigenvalue weighted by Crippen LogP contribution is -2.68. The number of hydrogen-bond donors (Lipinski definition) is 2. The highest BCUT2D eigenvalue weighted by atomic mass is 32.1. The van der Waals surface area contributed by atoms with Gasteiger partial charge in [0.05, 0.1) is 6.10 Å². The van der Waals surface area contributed by atoms with Crippen molar-refractivity contribution in [1.82, 2.24) is 20.5 Å². The summed E-state index contributed by atoms with van der Waals surface area (Å²) in [4.78, 5) is 16.6. The number of ether oxygens (including phenoxy) is 1. The fraction of sp³-hybridized carbons (Fsp3) is 0.529. The van der Waals surface area contributed by atoms with Gasteiger partial charge < -0.3 is 10.1 Å². The minimum absolute atomic E-state index is 0.146. The van der Waals surface area contributed by atoms with Crippen LogP contribution in [0.5, 0.6) is 0 Å². The number of aromatic nitrogens is 3. The van der Waals surface area contributed by atoms with E-state index in [1.165, 1.54) is 17.8 Å². The van der Waals surface area contributed by atoms with Crippen LogP contribution in [0.15, 0.2) is 24.4 Å². The number of nitrogens with zero attached hydrogens (tertiary/aromatic N) is 3. The normalized spacial score (nSPS) is 23.6. The predicted molar refractivity (Wildman–Crippen MR) is 95.4 cm³/mol. The van der Waals surface area contributed by atoms with E-state index in [2.05, 4.69) is 25.8 Å². The molecule has 2 fully saturated rings. The van der Waals surface area contributed by atoms with E-state index in [0.717, 1.165) is 31.6 Å². The van der Waals surface area contributed by atoms with E-state index in [1.807, 2.05) is 25.1 Å². The highest BCUT2D eigenvalue weighted by molar-refractivity contribution is 7.18. The Kier molecular flexibility index (Phi) is 4.39. The van der Waals surface area contributed by atoms with Crippen molar-refractivity contribution in [3.8, 4) is 10.7 Å². The zero-order chi connectivity index (χ0) is 17.3. The summed E-state index contributed by atoms with van der Waals surface area (Å²) in [5, 5.41) is 15.2. The molecule has 0 unspecified atom stereocenters. The van der Waals surface area contributed by atoms with Gasteiger partial charge in [-0.15, -0.1) is 10.2 Å². The molecule has 0 saturated heterocycles. The van der Waals surface area contributed by atoms with Crippen molar-refractivity contribution in [3.63, 3.8) is 0 Å². The number of pyridine rings is 1. The fourth-order valence-corrected chi connectivity index (χ4v) is 4.51. The molecule has 2 N–H and O–H groups in total. The first-order valence-corrected chi connectivity index (χ1v) is 9.47. The Morgan fingerprint density at radius 2 is 2.28 bits per heavy atom. The Hall–Kier alpha value is -2.06. The van der Waals surface area contributed by atoms with Crippen molar-refractivity contribution in [2.45, 2.75) is 44.8 Å². The van der Waals surface area contributed by atoms with E-state index in [0.29, 0.717) is 10.1 Å². The summed E-state index contributed by atoms with van der Waals surface area (Å²) in [7, 11) is 0. The lowest BCUT2D eigenvalue weighted by molar-refractivity contribution is -0.169. The predicted octanol–water partition coefficient (Wildman–Crippen LogP) is 3.07. The van der Waals surface area contributed by atoms with Gasteiger partial charge in [-0.3, -0.25) is 10.3 Å². The molecular weight excluding hydrogens is 338 g/mol. The van der Waals surface area contributed by atoms with Gasteiger partial charge in [0.15, 0.2) is 5.01 Å². The molecule has 2 aromatic rings. The van der Waals surface area contributed by atoms with Crippen molar-refractivity contribution in [1.29, 1.82) is 0 Å². The number of carbonyl (C=O) groups excluding carboxylic acids is 1. The Morgan fingerprint density at radius 3 is 2.96 bits per heavy atom. The summed E-state index contributed by atoms with van der Waals surface area (Å²) in [6.45, 7) is 2.75. The van der Waals surface area contributed by atoms with E-state index < -0.39 is 0 Å². The van der Waals surface area contributed by atoms with E-state index >= 15 is 0 Å². The third kappa shape index (κ3) is 3.00. The van der Waals surface area contributed by atoms with Gasteiger partial charge in [-0.1, -0.05) is 23.8 Å². The molecule has 2 amide bonds. The smallest absolute Gasteiger partial charge is 0.321 e. The number of amides is 2. The molecule has 8 heteroatoms. The summed E-state index contributed by atoms with van der Waals surface area (Å²) in [6.07, 6.45) is 6.36. The van der Waals surface area contributed by atoms with Gasteiger partial charge in [0, 0.05) is 24.3 Å². The van der Waals surface area contributed by atoms with Crippen LogP contribution < -0.4 is 10.6 Å². The van der Waals surface area contributed by atoms with Gasteiger partial charge in [-0.05, 0) is 38.3 Å². The van der Waals surface area contributed by atoms with Gasteiger partial charge in [-0.2, -0.15) is 0 Å². The van der Waals surface area contributed by atoms with E-state index in [9.17, 15) is 4.79 Å². The minimum atomic E-state index is -0.227. The number of nitrogens with one attached hydrogen (secondary N) is 2. The lowest BCUT2D eigenvalue weighted by Gasteiger charge is -2.60. The van der Waals surface area contributed by atoms with Crippen LogP contribution in [-0.4, -0.2) is 40.0 Å². The fourth-order valence-electron chi connectivity index (χ4n) is 3.80. The molecule has 132 valence electrons. The van der Waals surface area contributed by atoms with Crippen molar-refractivity contribution >= 4 is 22.5 Å². The number of rotatable bonds is 5. The standard InChI is InChI=1S/C17H21N5O2S/c1-2-24-13-10-12(17(13)7-5-8-17)19-15(23)20-16-22-21-14(25-16)11-6-3-4-9-18-11/h3-4,6,9,12-13H,2,5,7-8,10H2,1H3,(H2,19,20,22,23)/t12-,13-/m1/s1. The molecule has 2 heterocycles.